The van der Waals surface area contributed by atoms with Crippen molar-refractivity contribution in [3.05, 3.63) is 23.8 Å². The third-order valence-electron chi connectivity index (χ3n) is 4.14. The van der Waals surface area contributed by atoms with Gasteiger partial charge in [-0.2, -0.15) is 0 Å². The third-order valence-corrected chi connectivity index (χ3v) is 6.39. The van der Waals surface area contributed by atoms with Gasteiger partial charge >= 0.3 is 0 Å². The molecule has 4 N–H and O–H groups in total. The molecule has 1 aliphatic carbocycles. The number of hydrogen-bond acceptors (Lipinski definition) is 5. The number of ketones is 1. The van der Waals surface area contributed by atoms with E-state index in [0.29, 0.717) is 12.0 Å². The predicted octanol–water partition coefficient (Wildman–Crippen LogP) is 1.29. The number of unbranched alkanes of at least 4 members (excludes halogenated alkanes) is 4. The molecular weight excluding hydrogens is 314 g/mol. The van der Waals surface area contributed by atoms with Crippen LogP contribution >= 0.6 is 0 Å². The largest absolute Gasteiger partial charge is 0.322 e. The molecule has 2 unspecified atom stereocenters. The molecule has 0 saturated heterocycles. The summed E-state index contributed by atoms with van der Waals surface area (Å²) in [5.74, 6) is -0.0894. The lowest BCUT2D eigenvalue weighted by Crippen LogP contribution is -2.62. The van der Waals surface area contributed by atoms with Crippen molar-refractivity contribution in [3.8, 4) is 0 Å². The molecule has 0 fully saturated rings. The van der Waals surface area contributed by atoms with Gasteiger partial charge in [-0.05, 0) is 12.5 Å². The minimum absolute atomic E-state index is 0.0894. The summed E-state index contributed by atoms with van der Waals surface area (Å²) < 4.78 is 25.9. The van der Waals surface area contributed by atoms with Crippen molar-refractivity contribution in [1.29, 1.82) is 0 Å². The van der Waals surface area contributed by atoms with Crippen LogP contribution in [0.5, 0.6) is 0 Å². The number of hydrogen-bond donors (Lipinski definition) is 2. The van der Waals surface area contributed by atoms with Crippen molar-refractivity contribution in [1.82, 2.24) is 4.31 Å². The fraction of sp³-hybridized carbons (Fsp3) is 0.688. The van der Waals surface area contributed by atoms with Crippen molar-refractivity contribution in [2.24, 2.45) is 11.5 Å². The van der Waals surface area contributed by atoms with E-state index in [0.717, 1.165) is 30.0 Å². The number of Topliss-reactive ketones (excluding diaryl/α,β-unsaturated/α-hetero) is 1. The Kier molecular flexibility index (Phi) is 7.13. The van der Waals surface area contributed by atoms with E-state index >= 15 is 0 Å². The van der Waals surface area contributed by atoms with E-state index < -0.39 is 20.9 Å². The van der Waals surface area contributed by atoms with Gasteiger partial charge in [0.2, 0.25) is 10.0 Å². The molecule has 1 rings (SSSR count). The van der Waals surface area contributed by atoms with Crippen LogP contribution in [0.4, 0.5) is 0 Å². The zero-order chi connectivity index (χ0) is 17.7. The summed E-state index contributed by atoms with van der Waals surface area (Å²) in [7, 11) is -1.04. The van der Waals surface area contributed by atoms with Gasteiger partial charge in [0.1, 0.15) is 0 Å². The number of sulfonamides is 1. The lowest BCUT2D eigenvalue weighted by molar-refractivity contribution is -0.115. The predicted molar refractivity (Wildman–Crippen MR) is 93.1 cm³/mol. The van der Waals surface area contributed by atoms with E-state index in [4.69, 9.17) is 11.5 Å². The second-order valence-corrected chi connectivity index (χ2v) is 8.60. The molecule has 0 aromatic heterocycles. The van der Waals surface area contributed by atoms with Gasteiger partial charge in [-0.3, -0.25) is 4.79 Å². The smallest absolute Gasteiger partial charge is 0.238 e. The van der Waals surface area contributed by atoms with Crippen LogP contribution in [0.3, 0.4) is 0 Å². The first-order chi connectivity index (χ1) is 10.7. The molecule has 0 heterocycles. The number of carbonyl (C=O) groups excluding carboxylic acids is 1. The average Bonchev–Trinajstić information content (AvgIpc) is 2.49. The van der Waals surface area contributed by atoms with Gasteiger partial charge in [0.25, 0.3) is 0 Å². The molecule has 0 radical (unpaired) electrons. The number of rotatable bonds is 9. The molecule has 0 bridgehead atoms. The maximum atomic E-state index is 12.4. The van der Waals surface area contributed by atoms with Crippen LogP contribution in [0, 0.1) is 0 Å². The lowest BCUT2D eigenvalue weighted by Gasteiger charge is -2.35. The molecule has 0 aromatic rings. The van der Waals surface area contributed by atoms with Gasteiger partial charge in [0.05, 0.1) is 6.04 Å². The van der Waals surface area contributed by atoms with E-state index in [2.05, 4.69) is 6.92 Å². The summed E-state index contributed by atoms with van der Waals surface area (Å²) in [5.41, 5.74) is 12.3. The maximum absolute atomic E-state index is 12.4. The fourth-order valence-corrected chi connectivity index (χ4v) is 3.85. The summed E-state index contributed by atoms with van der Waals surface area (Å²) >= 11 is 0. The summed E-state index contributed by atoms with van der Waals surface area (Å²) in [5, 5.41) is 0. The third kappa shape index (κ3) is 4.50. The van der Waals surface area contributed by atoms with Crippen molar-refractivity contribution in [2.45, 2.75) is 56.4 Å². The number of carbonyl (C=O) groups is 1. The first-order valence-corrected chi connectivity index (χ1v) is 9.51. The van der Waals surface area contributed by atoms with Crippen LogP contribution in [0.1, 0.15) is 45.4 Å². The van der Waals surface area contributed by atoms with Crippen LogP contribution < -0.4 is 11.5 Å². The molecule has 1 aliphatic rings. The Balaban J connectivity index is 2.86. The highest BCUT2D eigenvalue weighted by Gasteiger charge is 2.46. The summed E-state index contributed by atoms with van der Waals surface area (Å²) in [4.78, 5) is 10.5. The maximum Gasteiger partial charge on any atom is 0.238 e. The summed E-state index contributed by atoms with van der Waals surface area (Å²) in [6, 6.07) is -0.893. The number of nitrogens with two attached hydrogens (primary N) is 2. The number of nitrogens with zero attached hydrogens (tertiary/aromatic N) is 1. The van der Waals surface area contributed by atoms with E-state index in [9.17, 15) is 13.2 Å². The zero-order valence-corrected chi connectivity index (χ0v) is 15.1. The normalized spacial score (nSPS) is 24.8. The second-order valence-electron chi connectivity index (χ2n) is 6.21. The first kappa shape index (κ1) is 20.0. The fourth-order valence-electron chi connectivity index (χ4n) is 2.51. The van der Waals surface area contributed by atoms with Crippen molar-refractivity contribution >= 4 is 15.8 Å². The van der Waals surface area contributed by atoms with E-state index in [1.807, 2.05) is 0 Å². The molecule has 0 amide bonds. The molecule has 23 heavy (non-hydrogen) atoms. The minimum Gasteiger partial charge on any atom is -0.322 e. The average molecular weight is 343 g/mol. The van der Waals surface area contributed by atoms with E-state index in [-0.39, 0.29) is 5.78 Å². The molecule has 2 atom stereocenters. The zero-order valence-electron chi connectivity index (χ0n) is 14.3. The first-order valence-electron chi connectivity index (χ1n) is 8.07. The van der Waals surface area contributed by atoms with E-state index in [1.165, 1.54) is 32.7 Å². The molecule has 6 nitrogen and oxygen atoms in total. The van der Waals surface area contributed by atoms with Crippen LogP contribution in [0.25, 0.3) is 0 Å². The number of allylic oxidation sites excluding steroid dienone is 2. The van der Waals surface area contributed by atoms with Gasteiger partial charge in [-0.25, -0.2) is 12.7 Å². The second kappa shape index (κ2) is 8.19. The summed E-state index contributed by atoms with van der Waals surface area (Å²) in [6.45, 7) is 2.14. The SMILES string of the molecule is CCCCCCCC(=O)C1=CC(N)(S(=O)(=O)N(C)C)C(N)C=C1. The molecule has 0 spiro atoms. The topological polar surface area (TPSA) is 106 Å². The van der Waals surface area contributed by atoms with Crippen molar-refractivity contribution in [2.75, 3.05) is 14.1 Å². The highest BCUT2D eigenvalue weighted by molar-refractivity contribution is 7.90. The Morgan fingerprint density at radius 1 is 1.26 bits per heavy atom. The summed E-state index contributed by atoms with van der Waals surface area (Å²) in [6.07, 6.45) is 10.00. The Labute approximate surface area is 139 Å². The molecule has 132 valence electrons. The van der Waals surface area contributed by atoms with Crippen LogP contribution in [0.2, 0.25) is 0 Å². The molecule has 7 heteroatoms. The molecular formula is C16H29N3O3S. The van der Waals surface area contributed by atoms with Gasteiger partial charge in [-0.1, -0.05) is 44.8 Å². The highest BCUT2D eigenvalue weighted by atomic mass is 32.2. The molecule has 0 aromatic carbocycles. The lowest BCUT2D eigenvalue weighted by atomic mass is 9.94. The minimum atomic E-state index is -3.84. The van der Waals surface area contributed by atoms with Gasteiger partial charge in [0.15, 0.2) is 10.7 Å². The Bertz CT molecular complexity index is 581. The van der Waals surface area contributed by atoms with E-state index in [1.54, 1.807) is 6.08 Å². The Morgan fingerprint density at radius 2 is 1.87 bits per heavy atom. The highest BCUT2D eigenvalue weighted by Crippen LogP contribution is 2.27. The Morgan fingerprint density at radius 3 is 2.43 bits per heavy atom. The van der Waals surface area contributed by atoms with Crippen LogP contribution in [-0.2, 0) is 14.8 Å². The monoisotopic (exact) mass is 343 g/mol. The van der Waals surface area contributed by atoms with Gasteiger partial charge in [-0.15, -0.1) is 0 Å². The van der Waals surface area contributed by atoms with Gasteiger partial charge < -0.3 is 11.5 Å². The van der Waals surface area contributed by atoms with Gasteiger partial charge in [0, 0.05) is 26.1 Å². The van der Waals surface area contributed by atoms with Crippen LogP contribution in [-0.4, -0.2) is 43.5 Å². The van der Waals surface area contributed by atoms with Crippen LogP contribution in [0.15, 0.2) is 23.8 Å². The van der Waals surface area contributed by atoms with Crippen molar-refractivity contribution < 1.29 is 13.2 Å². The quantitative estimate of drug-likeness (QED) is 0.613. The molecule has 0 saturated carbocycles. The molecule has 0 aliphatic heterocycles. The Hall–Kier alpha value is -1.02. The standard InChI is InChI=1S/C16H29N3O3S/c1-4-5-6-7-8-9-14(20)13-10-11-15(17)16(18,12-13)23(21,22)19(2)3/h10-12,15H,4-9,17-18H2,1-3H3. The van der Waals surface area contributed by atoms with Crippen molar-refractivity contribution in [3.63, 3.8) is 0 Å².